The van der Waals surface area contributed by atoms with Gasteiger partial charge in [-0.05, 0) is 29.8 Å². The van der Waals surface area contributed by atoms with Crippen LogP contribution in [0.4, 0.5) is 0 Å². The lowest BCUT2D eigenvalue weighted by Crippen LogP contribution is -2.05. The number of fused-ring (bicyclic) bond motifs is 1. The van der Waals surface area contributed by atoms with Crippen LogP contribution in [-0.2, 0) is 0 Å². The fraction of sp³-hybridized carbons (Fsp3) is 0. The molecule has 3 rings (SSSR count). The molecule has 2 nitrogen and oxygen atoms in total. The summed E-state index contributed by atoms with van der Waals surface area (Å²) >= 11 is 5.85. The molecule has 0 aliphatic heterocycles. The zero-order valence-electron chi connectivity index (χ0n) is 9.48. The van der Waals surface area contributed by atoms with Crippen molar-refractivity contribution in [2.24, 2.45) is 0 Å². The van der Waals surface area contributed by atoms with E-state index in [0.29, 0.717) is 16.0 Å². The highest BCUT2D eigenvalue weighted by atomic mass is 35.5. The smallest absolute Gasteiger partial charge is 0.197 e. The number of benzene rings is 2. The van der Waals surface area contributed by atoms with Crippen LogP contribution in [0.15, 0.2) is 59.5 Å². The first-order valence-electron chi connectivity index (χ1n) is 5.62. The number of aromatic nitrogens is 1. The van der Waals surface area contributed by atoms with E-state index in [0.717, 1.165) is 11.1 Å². The average Bonchev–Trinajstić information content (AvgIpc) is 2.41. The van der Waals surface area contributed by atoms with Gasteiger partial charge in [-0.2, -0.15) is 0 Å². The number of H-pyrrole nitrogens is 1. The summed E-state index contributed by atoms with van der Waals surface area (Å²) < 4.78 is 0. The number of hydrogen-bond acceptors (Lipinski definition) is 1. The predicted octanol–water partition coefficient (Wildman–Crippen LogP) is 3.85. The Morgan fingerprint density at radius 2 is 1.67 bits per heavy atom. The maximum atomic E-state index is 12.4. The van der Waals surface area contributed by atoms with Crippen LogP contribution in [-0.4, -0.2) is 4.98 Å². The second-order valence-electron chi connectivity index (χ2n) is 4.08. The summed E-state index contributed by atoms with van der Waals surface area (Å²) in [5, 5.41) is 1.36. The Balaban J connectivity index is 2.27. The maximum absolute atomic E-state index is 12.4. The molecule has 0 bridgehead atoms. The minimum absolute atomic E-state index is 0.0340. The molecule has 1 aromatic heterocycles. The lowest BCUT2D eigenvalue weighted by molar-refractivity contribution is 1.39. The number of halogens is 1. The van der Waals surface area contributed by atoms with Gasteiger partial charge in [-0.1, -0.05) is 35.9 Å². The van der Waals surface area contributed by atoms with Crippen LogP contribution in [0.5, 0.6) is 0 Å². The van der Waals surface area contributed by atoms with Gasteiger partial charge in [-0.25, -0.2) is 0 Å². The molecule has 18 heavy (non-hydrogen) atoms. The van der Waals surface area contributed by atoms with E-state index >= 15 is 0 Å². The third-order valence-corrected chi connectivity index (χ3v) is 3.20. The van der Waals surface area contributed by atoms with E-state index in [9.17, 15) is 4.79 Å². The van der Waals surface area contributed by atoms with Gasteiger partial charge in [0.15, 0.2) is 5.43 Å². The van der Waals surface area contributed by atoms with Crippen LogP contribution in [0.25, 0.3) is 22.0 Å². The molecule has 0 atom stereocenters. The largest absolute Gasteiger partial charge is 0.360 e. The summed E-state index contributed by atoms with van der Waals surface area (Å²) in [7, 11) is 0. The van der Waals surface area contributed by atoms with Crippen molar-refractivity contribution in [3.63, 3.8) is 0 Å². The van der Waals surface area contributed by atoms with Crippen molar-refractivity contribution in [2.45, 2.75) is 0 Å². The molecule has 3 heteroatoms. The fourth-order valence-corrected chi connectivity index (χ4v) is 2.14. The molecule has 3 aromatic rings. The van der Waals surface area contributed by atoms with E-state index in [2.05, 4.69) is 4.98 Å². The first-order chi connectivity index (χ1) is 8.75. The van der Waals surface area contributed by atoms with Gasteiger partial charge in [0.05, 0.1) is 0 Å². The van der Waals surface area contributed by atoms with E-state index in [-0.39, 0.29) is 5.43 Å². The van der Waals surface area contributed by atoms with Gasteiger partial charge in [-0.15, -0.1) is 0 Å². The minimum atomic E-state index is 0.0340. The molecule has 0 amide bonds. The van der Waals surface area contributed by atoms with Crippen LogP contribution in [0.2, 0.25) is 5.02 Å². The van der Waals surface area contributed by atoms with Crippen molar-refractivity contribution in [1.82, 2.24) is 4.98 Å². The molecule has 0 saturated heterocycles. The Hall–Kier alpha value is -2.06. The SMILES string of the molecule is O=c1c(-c2ccc(Cl)cc2)c[nH]c2ccccc12. The lowest BCUT2D eigenvalue weighted by atomic mass is 10.0. The summed E-state index contributed by atoms with van der Waals surface area (Å²) in [5.41, 5.74) is 2.41. The van der Waals surface area contributed by atoms with Gasteiger partial charge in [-0.3, -0.25) is 4.79 Å². The Bertz CT molecular complexity index is 759. The highest BCUT2D eigenvalue weighted by Crippen LogP contribution is 2.19. The summed E-state index contributed by atoms with van der Waals surface area (Å²) in [5.74, 6) is 0. The van der Waals surface area contributed by atoms with Crippen molar-refractivity contribution in [3.8, 4) is 11.1 Å². The molecule has 0 aliphatic rings. The summed E-state index contributed by atoms with van der Waals surface area (Å²) in [4.78, 5) is 15.5. The molecule has 0 radical (unpaired) electrons. The monoisotopic (exact) mass is 255 g/mol. The average molecular weight is 256 g/mol. The zero-order valence-corrected chi connectivity index (χ0v) is 10.2. The van der Waals surface area contributed by atoms with E-state index in [1.807, 2.05) is 36.4 Å². The normalized spacial score (nSPS) is 10.7. The molecule has 1 heterocycles. The van der Waals surface area contributed by atoms with Gasteiger partial charge < -0.3 is 4.98 Å². The highest BCUT2D eigenvalue weighted by molar-refractivity contribution is 6.30. The molecule has 88 valence electrons. The molecular weight excluding hydrogens is 246 g/mol. The van der Waals surface area contributed by atoms with E-state index in [4.69, 9.17) is 11.6 Å². The number of rotatable bonds is 1. The molecular formula is C15H10ClNO. The van der Waals surface area contributed by atoms with Crippen LogP contribution in [0.1, 0.15) is 0 Å². The third kappa shape index (κ3) is 1.81. The standard InChI is InChI=1S/C15H10ClNO/c16-11-7-5-10(6-8-11)13-9-17-14-4-2-1-3-12(14)15(13)18/h1-9H,(H,17,18). The van der Waals surface area contributed by atoms with Gasteiger partial charge >= 0.3 is 0 Å². The number of pyridine rings is 1. The van der Waals surface area contributed by atoms with Crippen LogP contribution < -0.4 is 5.43 Å². The number of aromatic amines is 1. The second kappa shape index (κ2) is 4.31. The van der Waals surface area contributed by atoms with Crippen LogP contribution in [0, 0.1) is 0 Å². The minimum Gasteiger partial charge on any atom is -0.360 e. The fourth-order valence-electron chi connectivity index (χ4n) is 2.01. The Labute approximate surface area is 109 Å². The molecule has 0 spiro atoms. The third-order valence-electron chi connectivity index (χ3n) is 2.94. The van der Waals surface area contributed by atoms with E-state index in [1.165, 1.54) is 0 Å². The Kier molecular flexibility index (Phi) is 2.65. The Morgan fingerprint density at radius 1 is 0.944 bits per heavy atom. The van der Waals surface area contributed by atoms with Crippen molar-refractivity contribution in [2.75, 3.05) is 0 Å². The predicted molar refractivity (Wildman–Crippen MR) is 75.0 cm³/mol. The topological polar surface area (TPSA) is 32.9 Å². The van der Waals surface area contributed by atoms with Crippen LogP contribution >= 0.6 is 11.6 Å². The number of para-hydroxylation sites is 1. The van der Waals surface area contributed by atoms with Crippen molar-refractivity contribution < 1.29 is 0 Å². The maximum Gasteiger partial charge on any atom is 0.197 e. The molecule has 2 aromatic carbocycles. The van der Waals surface area contributed by atoms with Crippen molar-refractivity contribution in [3.05, 3.63) is 70.0 Å². The van der Waals surface area contributed by atoms with Gasteiger partial charge in [0.2, 0.25) is 0 Å². The first-order valence-corrected chi connectivity index (χ1v) is 6.00. The van der Waals surface area contributed by atoms with Crippen LogP contribution in [0.3, 0.4) is 0 Å². The number of hydrogen-bond donors (Lipinski definition) is 1. The quantitative estimate of drug-likeness (QED) is 0.704. The summed E-state index contributed by atoms with van der Waals surface area (Å²) in [6, 6.07) is 14.7. The second-order valence-corrected chi connectivity index (χ2v) is 4.52. The first kappa shape index (κ1) is 11.1. The van der Waals surface area contributed by atoms with Crippen molar-refractivity contribution in [1.29, 1.82) is 0 Å². The molecule has 0 aliphatic carbocycles. The molecule has 1 N–H and O–H groups in total. The zero-order chi connectivity index (χ0) is 12.5. The molecule has 0 unspecified atom stereocenters. The van der Waals surface area contributed by atoms with E-state index in [1.54, 1.807) is 18.3 Å². The van der Waals surface area contributed by atoms with E-state index < -0.39 is 0 Å². The Morgan fingerprint density at radius 3 is 2.44 bits per heavy atom. The van der Waals surface area contributed by atoms with Gasteiger partial charge in [0.1, 0.15) is 0 Å². The number of nitrogens with one attached hydrogen (secondary N) is 1. The van der Waals surface area contributed by atoms with Gasteiger partial charge in [0.25, 0.3) is 0 Å². The van der Waals surface area contributed by atoms with Gasteiger partial charge in [0, 0.05) is 27.7 Å². The molecule has 0 saturated carbocycles. The van der Waals surface area contributed by atoms with Crippen molar-refractivity contribution >= 4 is 22.5 Å². The highest BCUT2D eigenvalue weighted by Gasteiger charge is 2.06. The molecule has 0 fully saturated rings. The summed E-state index contributed by atoms with van der Waals surface area (Å²) in [6.45, 7) is 0. The lowest BCUT2D eigenvalue weighted by Gasteiger charge is -2.03. The summed E-state index contributed by atoms with van der Waals surface area (Å²) in [6.07, 6.45) is 1.74.